The first kappa shape index (κ1) is 19.7. The van der Waals surface area contributed by atoms with Gasteiger partial charge in [0.1, 0.15) is 5.54 Å². The predicted octanol–water partition coefficient (Wildman–Crippen LogP) is 2.93. The molecule has 0 aliphatic heterocycles. The lowest BCUT2D eigenvalue weighted by Crippen LogP contribution is -2.59. The first-order chi connectivity index (χ1) is 13.2. The number of nitriles is 1. The van der Waals surface area contributed by atoms with Crippen molar-refractivity contribution in [2.45, 2.75) is 94.8 Å². The molecule has 154 valence electrons. The molecule has 5 fully saturated rings. The zero-order chi connectivity index (χ0) is 20.2. The van der Waals surface area contributed by atoms with Crippen molar-refractivity contribution in [1.82, 2.24) is 4.90 Å². The van der Waals surface area contributed by atoms with Crippen LogP contribution in [-0.2, 0) is 14.3 Å². The highest BCUT2D eigenvalue weighted by Crippen LogP contribution is 2.62. The largest absolute Gasteiger partial charge is 0.452 e. The van der Waals surface area contributed by atoms with Crippen molar-refractivity contribution < 1.29 is 19.4 Å². The SMILES string of the molecule is C[C@H](OC(=O)C12C[C@H]3C[C@@H](CC(O)(C3)C1)C2)C(=O)N(C)C1(C#N)CCCCC1. The number of hydrogen-bond acceptors (Lipinski definition) is 5. The second-order valence-electron chi connectivity index (χ2n) is 10.1. The molecule has 4 bridgehead atoms. The molecule has 5 rings (SSSR count). The fraction of sp³-hybridized carbons (Fsp3) is 0.864. The monoisotopic (exact) mass is 388 g/mol. The number of ether oxygens (including phenoxy) is 1. The molecule has 1 amide bonds. The second-order valence-corrected chi connectivity index (χ2v) is 10.1. The average molecular weight is 389 g/mol. The molecule has 28 heavy (non-hydrogen) atoms. The van der Waals surface area contributed by atoms with Gasteiger partial charge in [0.15, 0.2) is 6.10 Å². The fourth-order valence-electron chi connectivity index (χ4n) is 6.93. The van der Waals surface area contributed by atoms with Crippen molar-refractivity contribution in [3.63, 3.8) is 0 Å². The Balaban J connectivity index is 1.45. The van der Waals surface area contributed by atoms with E-state index >= 15 is 0 Å². The first-order valence-corrected chi connectivity index (χ1v) is 10.8. The Morgan fingerprint density at radius 2 is 1.75 bits per heavy atom. The summed E-state index contributed by atoms with van der Waals surface area (Å²) in [6, 6.07) is 2.35. The Morgan fingerprint density at radius 1 is 1.14 bits per heavy atom. The van der Waals surface area contributed by atoms with Crippen LogP contribution in [0.4, 0.5) is 0 Å². The van der Waals surface area contributed by atoms with Crippen LogP contribution in [0.25, 0.3) is 0 Å². The van der Waals surface area contributed by atoms with Crippen LogP contribution in [-0.4, -0.2) is 46.2 Å². The number of carbonyl (C=O) groups is 2. The molecular formula is C22H32N2O4. The Labute approximate surface area is 167 Å². The topological polar surface area (TPSA) is 90.6 Å². The van der Waals surface area contributed by atoms with Gasteiger partial charge in [-0.2, -0.15) is 5.26 Å². The van der Waals surface area contributed by atoms with E-state index in [1.807, 2.05) is 0 Å². The molecule has 0 heterocycles. The maximum atomic E-state index is 13.1. The van der Waals surface area contributed by atoms with Crippen molar-refractivity contribution in [2.24, 2.45) is 17.3 Å². The Bertz CT molecular complexity index is 692. The van der Waals surface area contributed by atoms with Crippen LogP contribution >= 0.6 is 0 Å². The van der Waals surface area contributed by atoms with E-state index in [4.69, 9.17) is 4.74 Å². The smallest absolute Gasteiger partial charge is 0.312 e. The summed E-state index contributed by atoms with van der Waals surface area (Å²) in [7, 11) is 1.66. The molecule has 3 atom stereocenters. The van der Waals surface area contributed by atoms with Gasteiger partial charge >= 0.3 is 5.97 Å². The van der Waals surface area contributed by atoms with Gasteiger partial charge in [-0.1, -0.05) is 19.3 Å². The summed E-state index contributed by atoms with van der Waals surface area (Å²) in [6.45, 7) is 1.61. The number of nitrogens with zero attached hydrogens (tertiary/aromatic N) is 2. The molecule has 0 aromatic heterocycles. The van der Waals surface area contributed by atoms with E-state index in [0.29, 0.717) is 31.1 Å². The summed E-state index contributed by atoms with van der Waals surface area (Å²) in [5.41, 5.74) is -2.16. The van der Waals surface area contributed by atoms with Gasteiger partial charge in [0.05, 0.1) is 17.1 Å². The minimum atomic E-state index is -0.910. The van der Waals surface area contributed by atoms with Gasteiger partial charge in [0.25, 0.3) is 5.91 Å². The molecule has 5 aliphatic carbocycles. The minimum absolute atomic E-state index is 0.305. The minimum Gasteiger partial charge on any atom is -0.452 e. The van der Waals surface area contributed by atoms with E-state index in [0.717, 1.165) is 51.4 Å². The standard InChI is InChI=1S/C22H32N2O4/c1-15(18(25)24(2)21(14-23)6-4-3-5-7-21)28-19(26)20-9-16-8-17(10-20)12-22(27,11-16)13-20/h15-17,27H,3-13H2,1-2H3/t15-,16+,17+,20?,22?/m0/s1. The number of likely N-dealkylation sites (N-methyl/N-ethyl adjacent to an activating group) is 1. The molecule has 0 spiro atoms. The zero-order valence-corrected chi connectivity index (χ0v) is 17.1. The summed E-state index contributed by atoms with van der Waals surface area (Å²) in [6.07, 6.45) is 8.07. The number of aliphatic hydroxyl groups is 1. The Morgan fingerprint density at radius 3 is 2.29 bits per heavy atom. The second kappa shape index (κ2) is 6.73. The van der Waals surface area contributed by atoms with Crippen LogP contribution < -0.4 is 0 Å². The van der Waals surface area contributed by atoms with Gasteiger partial charge in [-0.15, -0.1) is 0 Å². The summed E-state index contributed by atoms with van der Waals surface area (Å²) in [5.74, 6) is 0.136. The number of hydrogen-bond donors (Lipinski definition) is 1. The van der Waals surface area contributed by atoms with E-state index in [2.05, 4.69) is 6.07 Å². The van der Waals surface area contributed by atoms with Crippen LogP contribution in [0.5, 0.6) is 0 Å². The van der Waals surface area contributed by atoms with Crippen molar-refractivity contribution in [2.75, 3.05) is 7.05 Å². The highest BCUT2D eigenvalue weighted by Gasteiger charge is 2.61. The van der Waals surface area contributed by atoms with E-state index in [1.54, 1.807) is 14.0 Å². The molecule has 5 saturated carbocycles. The molecule has 0 aromatic rings. The number of amides is 1. The quantitative estimate of drug-likeness (QED) is 0.748. The molecule has 5 aliphatic rings. The van der Waals surface area contributed by atoms with Crippen LogP contribution in [0.15, 0.2) is 0 Å². The van der Waals surface area contributed by atoms with Gasteiger partial charge in [0.2, 0.25) is 0 Å². The number of esters is 1. The third kappa shape index (κ3) is 3.12. The molecule has 1 N–H and O–H groups in total. The average Bonchev–Trinajstić information content (AvgIpc) is 2.65. The normalized spacial score (nSPS) is 39.1. The summed E-state index contributed by atoms with van der Waals surface area (Å²) >= 11 is 0. The van der Waals surface area contributed by atoms with Crippen molar-refractivity contribution in [1.29, 1.82) is 5.26 Å². The lowest BCUT2D eigenvalue weighted by atomic mass is 9.48. The maximum Gasteiger partial charge on any atom is 0.312 e. The van der Waals surface area contributed by atoms with E-state index in [1.165, 1.54) is 4.90 Å². The maximum absolute atomic E-state index is 13.1. The van der Waals surface area contributed by atoms with Gasteiger partial charge in [0, 0.05) is 7.05 Å². The predicted molar refractivity (Wildman–Crippen MR) is 102 cm³/mol. The first-order valence-electron chi connectivity index (χ1n) is 10.8. The summed E-state index contributed by atoms with van der Waals surface area (Å²) < 4.78 is 5.69. The molecule has 0 saturated heterocycles. The van der Waals surface area contributed by atoms with Crippen LogP contribution in [0.1, 0.15) is 77.6 Å². The Hall–Kier alpha value is -1.61. The van der Waals surface area contributed by atoms with Crippen LogP contribution in [0.3, 0.4) is 0 Å². The van der Waals surface area contributed by atoms with Gasteiger partial charge < -0.3 is 14.7 Å². The molecular weight excluding hydrogens is 356 g/mol. The van der Waals surface area contributed by atoms with Gasteiger partial charge in [-0.05, 0) is 70.1 Å². The highest BCUT2D eigenvalue weighted by atomic mass is 16.5. The highest BCUT2D eigenvalue weighted by molar-refractivity contribution is 5.86. The zero-order valence-electron chi connectivity index (χ0n) is 17.1. The third-order valence-corrected chi connectivity index (χ3v) is 7.96. The van der Waals surface area contributed by atoms with Crippen LogP contribution in [0, 0.1) is 28.6 Å². The number of rotatable bonds is 4. The molecule has 6 heteroatoms. The fourth-order valence-corrected chi connectivity index (χ4v) is 6.93. The number of carbonyl (C=O) groups excluding carboxylic acids is 2. The molecule has 6 nitrogen and oxygen atoms in total. The van der Waals surface area contributed by atoms with Crippen molar-refractivity contribution in [3.8, 4) is 6.07 Å². The molecule has 0 unspecified atom stereocenters. The summed E-state index contributed by atoms with van der Waals surface area (Å²) in [5, 5.41) is 20.6. The molecule has 0 radical (unpaired) electrons. The van der Waals surface area contributed by atoms with Crippen LogP contribution in [0.2, 0.25) is 0 Å². The Kier molecular flexibility index (Phi) is 4.73. The van der Waals surface area contributed by atoms with E-state index in [9.17, 15) is 20.0 Å². The van der Waals surface area contributed by atoms with Crippen molar-refractivity contribution >= 4 is 11.9 Å². The van der Waals surface area contributed by atoms with E-state index < -0.39 is 22.7 Å². The summed E-state index contributed by atoms with van der Waals surface area (Å²) in [4.78, 5) is 27.6. The lowest BCUT2D eigenvalue weighted by Gasteiger charge is -2.58. The molecule has 0 aromatic carbocycles. The van der Waals surface area contributed by atoms with Gasteiger partial charge in [-0.3, -0.25) is 9.59 Å². The third-order valence-electron chi connectivity index (χ3n) is 7.96. The van der Waals surface area contributed by atoms with E-state index in [-0.39, 0.29) is 11.9 Å². The van der Waals surface area contributed by atoms with Crippen molar-refractivity contribution in [3.05, 3.63) is 0 Å². The van der Waals surface area contributed by atoms with Gasteiger partial charge in [-0.25, -0.2) is 0 Å². The lowest BCUT2D eigenvalue weighted by molar-refractivity contribution is -0.201.